The van der Waals surface area contributed by atoms with E-state index in [0.717, 1.165) is 71.4 Å². The maximum atomic E-state index is 13.7. The van der Waals surface area contributed by atoms with Gasteiger partial charge in [-0.1, -0.05) is 114 Å². The maximum absolute atomic E-state index is 13.7. The molecule has 8 unspecified atom stereocenters. The number of hydrogen-bond acceptors (Lipinski definition) is 31. The first kappa shape index (κ1) is 121. The van der Waals surface area contributed by atoms with Crippen LogP contribution in [0.2, 0.25) is 41.0 Å². The van der Waals surface area contributed by atoms with Gasteiger partial charge < -0.3 is 88.9 Å². The number of ketones is 2. The molecule has 8 aromatic heterocycles. The lowest BCUT2D eigenvalue weighted by atomic mass is 9.96. The minimum atomic E-state index is -1.92. The van der Waals surface area contributed by atoms with Crippen LogP contribution in [0.25, 0.3) is 33.0 Å². The van der Waals surface area contributed by atoms with Crippen molar-refractivity contribution in [3.8, 4) is 68.5 Å². The number of carbonyl (C=O) groups is 6. The van der Waals surface area contributed by atoms with Crippen molar-refractivity contribution in [3.63, 3.8) is 0 Å². The summed E-state index contributed by atoms with van der Waals surface area (Å²) in [6.07, 6.45) is -1.35. The first-order chi connectivity index (χ1) is 69.6. The summed E-state index contributed by atoms with van der Waals surface area (Å²) in [5.41, 5.74) is 18.1. The number of azide groups is 1. The number of aromatic nitrogens is 8. The van der Waals surface area contributed by atoms with Crippen LogP contribution in [0.1, 0.15) is 216 Å². The van der Waals surface area contributed by atoms with E-state index >= 15 is 0 Å². The number of ether oxygens (including phenoxy) is 12. The van der Waals surface area contributed by atoms with Crippen molar-refractivity contribution in [3.05, 3.63) is 238 Å². The number of nitrogens with zero attached hydrogens (tertiary/aromatic N) is 12. The van der Waals surface area contributed by atoms with E-state index in [9.17, 15) is 52.8 Å². The fourth-order valence-corrected chi connectivity index (χ4v) is 20.4. The largest absolute Gasteiger partial charge is 0.490 e. The van der Waals surface area contributed by atoms with Gasteiger partial charge in [-0.3, -0.25) is 19.7 Å². The summed E-state index contributed by atoms with van der Waals surface area (Å²) >= 11 is 61.2. The number of benzene rings is 2. The van der Waals surface area contributed by atoms with E-state index < -0.39 is 93.6 Å². The molecule has 149 heavy (non-hydrogen) atoms. The second-order valence-electron chi connectivity index (χ2n) is 37.1. The van der Waals surface area contributed by atoms with Crippen LogP contribution < -0.4 is 64.9 Å². The molecule has 0 radical (unpaired) electrons. The molecule has 7 N–H and O–H groups in total. The van der Waals surface area contributed by atoms with E-state index in [1.807, 2.05) is 51.1 Å². The summed E-state index contributed by atoms with van der Waals surface area (Å²) in [4.78, 5) is 118. The third-order valence-corrected chi connectivity index (χ3v) is 26.3. The van der Waals surface area contributed by atoms with E-state index in [1.165, 1.54) is 62.7 Å². The number of nitro groups is 1. The highest BCUT2D eigenvalue weighted by Gasteiger charge is 2.41. The number of fused-ring (bicyclic) bond motifs is 8. The smallest absolute Gasteiger partial charge is 0.408 e. The molecule has 18 rings (SSSR count). The molecule has 8 atom stereocenters. The van der Waals surface area contributed by atoms with Gasteiger partial charge >= 0.3 is 24.4 Å². The number of nitrogens with two attached hydrogens (primary N) is 1. The topological polar surface area (TPSA) is 503 Å². The summed E-state index contributed by atoms with van der Waals surface area (Å²) < 4.78 is 96.0. The number of rotatable bonds is 12. The highest BCUT2D eigenvalue weighted by atomic mass is 127. The summed E-state index contributed by atoms with van der Waals surface area (Å²) in [5.74, 6) is 2.64. The van der Waals surface area contributed by atoms with E-state index in [2.05, 4.69) is 200 Å². The first-order valence-electron chi connectivity index (χ1n) is 44.4. The highest BCUT2D eigenvalue weighted by Crippen LogP contribution is 2.49. The van der Waals surface area contributed by atoms with Gasteiger partial charge in [0, 0.05) is 85.7 Å². The Balaban J connectivity index is 0.000000166. The number of aliphatic hydroxyl groups is 1. The Bertz CT molecular complexity index is 6800. The molecule has 16 heterocycles. The van der Waals surface area contributed by atoms with Crippen molar-refractivity contribution in [2.45, 2.75) is 179 Å². The van der Waals surface area contributed by atoms with Gasteiger partial charge in [0.2, 0.25) is 6.54 Å². The second kappa shape index (κ2) is 51.6. The van der Waals surface area contributed by atoms with E-state index in [1.54, 1.807) is 74.4 Å². The molecule has 54 heteroatoms. The zero-order valence-corrected chi connectivity index (χ0v) is 99.7. The molecule has 0 saturated carbocycles. The molecule has 796 valence electrons. The lowest BCUT2D eigenvalue weighted by molar-refractivity contribution is -0.501. The third-order valence-electron chi connectivity index (χ3n) is 20.7. The maximum Gasteiger partial charge on any atom is 0.408 e. The molecule has 8 aliphatic rings. The molecule has 0 bridgehead atoms. The number of pyridine rings is 8. The van der Waals surface area contributed by atoms with Gasteiger partial charge in [0.1, 0.15) is 128 Å². The predicted molar refractivity (Wildman–Crippen MR) is 596 cm³/mol. The SMILES string of the molecule is CC(=O)c1cc2c(c(-c3ccc(F)c(Cl)c3)n1)OCC2NC(=O)OC(C)(C)C.CC(=O)c1cc2c(c(Cl)n1)OCC2NC(=O)OC(C)(C)C.CC(C)(C)OC(=O)NC1COc2c1cc(C(C)(O)C[N+](=O)[O-])nc2-c1ccc(F)c(Cl)c1.CC(C)(C)OC(=O)NC1COc2c1cc(I)nc2Cl.Clc1nc(I)cc2c1OCC2.Clc1nc(I)cc2c1OCC2Br.NC1COc2c1cc(I)nc2Cl.[N-]=[N+]=NC1COc2c1cc(I)nc2Cl. The third kappa shape index (κ3) is 33.5. The lowest BCUT2D eigenvalue weighted by Gasteiger charge is -2.23. The average molecular weight is 2840 g/mol. The van der Waals surface area contributed by atoms with Crippen LogP contribution in [0.4, 0.5) is 28.0 Å². The molecule has 10 aromatic rings. The number of amides is 4. The van der Waals surface area contributed by atoms with Crippen molar-refractivity contribution >= 4 is 258 Å². The minimum Gasteiger partial charge on any atom is -0.490 e. The molecule has 38 nitrogen and oxygen atoms in total. The van der Waals surface area contributed by atoms with Gasteiger partial charge in [0.05, 0.1) is 57.4 Å². The minimum absolute atomic E-state index is 0.00936. The Kier molecular flexibility index (Phi) is 41.8. The van der Waals surface area contributed by atoms with Crippen LogP contribution in [0.15, 0.2) is 90.0 Å². The van der Waals surface area contributed by atoms with E-state index in [0.29, 0.717) is 114 Å². The Morgan fingerprint density at radius 3 is 1.20 bits per heavy atom. The number of alkyl carbamates (subject to hydrolysis) is 4. The molecule has 2 aromatic carbocycles. The van der Waals surface area contributed by atoms with E-state index in [-0.39, 0.29) is 98.1 Å². The van der Waals surface area contributed by atoms with Crippen LogP contribution >= 0.6 is 222 Å². The van der Waals surface area contributed by atoms with Crippen LogP contribution in [-0.2, 0) is 31.0 Å². The summed E-state index contributed by atoms with van der Waals surface area (Å²) in [6.45, 7) is 27.4. The summed E-state index contributed by atoms with van der Waals surface area (Å²) in [6, 6.07) is 20.0. The van der Waals surface area contributed by atoms with Gasteiger partial charge in [-0.15, -0.1) is 0 Å². The number of halogens is 16. The van der Waals surface area contributed by atoms with Gasteiger partial charge in [0.25, 0.3) is 0 Å². The van der Waals surface area contributed by atoms with E-state index in [4.69, 9.17) is 161 Å². The molecule has 8 aliphatic heterocycles. The number of carbonyl (C=O) groups excluding carboxylic acids is 6. The Labute approximate surface area is 969 Å². The number of alkyl halides is 1. The fourth-order valence-electron chi connectivity index (χ4n) is 14.4. The quantitative estimate of drug-likeness (QED) is 0.00632. The van der Waals surface area contributed by atoms with Gasteiger partial charge in [-0.05, 0) is 293 Å². The highest BCUT2D eigenvalue weighted by molar-refractivity contribution is 14.1. The van der Waals surface area contributed by atoms with Crippen molar-refractivity contribution in [1.29, 1.82) is 0 Å². The van der Waals surface area contributed by atoms with Crippen molar-refractivity contribution in [2.75, 3.05) is 59.4 Å². The van der Waals surface area contributed by atoms with Crippen LogP contribution in [-0.4, -0.2) is 168 Å². The molecular formula is C95H93BrCl8F2I5N17O21. The number of Topliss-reactive ketones (excluding diaryl/α,β-unsaturated/α-hetero) is 2. The van der Waals surface area contributed by atoms with Crippen molar-refractivity contribution in [2.24, 2.45) is 10.8 Å². The van der Waals surface area contributed by atoms with Gasteiger partial charge in [-0.25, -0.2) is 67.8 Å². The molecule has 0 fully saturated rings. The zero-order chi connectivity index (χ0) is 110. The normalized spacial score (nSPS) is 17.3. The van der Waals surface area contributed by atoms with Gasteiger partial charge in [0.15, 0.2) is 94.1 Å². The first-order valence-corrected chi connectivity index (χ1v) is 53.7. The van der Waals surface area contributed by atoms with Crippen LogP contribution in [0.3, 0.4) is 0 Å². The second-order valence-corrected chi connectivity index (χ2v) is 46.7. The Hall–Kier alpha value is -8.60. The van der Waals surface area contributed by atoms with Crippen molar-refractivity contribution in [1.82, 2.24) is 61.1 Å². The Morgan fingerprint density at radius 1 is 0.456 bits per heavy atom. The molecule has 4 amide bonds. The number of hydrogen-bond donors (Lipinski definition) is 6. The van der Waals surface area contributed by atoms with Crippen LogP contribution in [0.5, 0.6) is 46.0 Å². The van der Waals surface area contributed by atoms with Crippen LogP contribution in [0, 0.1) is 40.3 Å². The standard InChI is InChI=1S/C21H23ClFN3O6.C20H20ClFN2O4.C14H17ClN2O4.C12H14ClIN2O3.C7H4BrClINO.C7H4ClIN4O.C7H6ClIN2O.C7H5ClINO/c1-20(2,3)32-19(27)24-15-9-31-18-12(15)8-16(21(4,28)10-26(29)30)25-17(18)11-5-6-14(23)13(22)7-11;1-10(25)15-8-12-16(24-19(26)28-20(2,3)4)9-27-18(12)17(23-15)11-5-6-14(22)13(21)7-11;1-7(18)9-5-8-10(6-20-11(8)12(15)16-9)17-13(19)21-14(2,3)4;1-12(2,3)19-11(17)15-7-5-18-9-6(7)4-8(14)16-10(9)13;8-4-2-12-6-3(4)1-5(10)11-7(6)9;8-7-6-3(1-5(9)11-7)4(2-14-6)12-13-10;8-7-6-3(1-5(9)11-7)4(10)2-12-6;8-7-6-4(1-2-11-6)3-5(9)10-7/h5-8,15,28H,9-10H2,1-4H3,(H,24,27);5-8,16H,9H2,1-4H3,(H,24,26);5,10H,6H2,1-4H3,(H,17,19);4,7H,5H2,1-3H3,(H,15,17);1,4H,2H2;1,4H,2H2;1,4H,2,10H2;3H,1-2H2. The predicted octanol–water partition coefficient (Wildman–Crippen LogP) is 25.1. The summed E-state index contributed by atoms with van der Waals surface area (Å²) in [7, 11) is 0. The average Bonchev–Trinajstić information content (AvgIpc) is 1.69. The molecular weight excluding hydrogens is 2750 g/mol. The molecule has 0 saturated heterocycles. The number of nitrogens with one attached hydrogen (secondary N) is 4. The molecule has 0 spiro atoms. The summed E-state index contributed by atoms with van der Waals surface area (Å²) in [5, 5.41) is 38.2. The van der Waals surface area contributed by atoms with Gasteiger partial charge in [-0.2, -0.15) is 0 Å². The molecule has 0 aliphatic carbocycles. The zero-order valence-electron chi connectivity index (χ0n) is 81.3. The lowest BCUT2D eigenvalue weighted by Crippen LogP contribution is -2.36. The van der Waals surface area contributed by atoms with Crippen molar-refractivity contribution < 1.29 is 104 Å². The fraction of sp³-hybridized carbons (Fsp3) is 0.389. The Morgan fingerprint density at radius 2 is 0.785 bits per heavy atom. The monoisotopic (exact) mass is 2840 g/mol.